The lowest BCUT2D eigenvalue weighted by molar-refractivity contribution is 0.609. The van der Waals surface area contributed by atoms with Gasteiger partial charge in [-0.05, 0) is 36.3 Å². The molecule has 0 bridgehead atoms. The monoisotopic (exact) mass is 307 g/mol. The molecule has 0 aliphatic rings. The van der Waals surface area contributed by atoms with Crippen LogP contribution in [0.5, 0.6) is 0 Å². The minimum atomic E-state index is -3.58. The van der Waals surface area contributed by atoms with Crippen LogP contribution in [-0.2, 0) is 10.0 Å². The number of hydrogen-bond acceptors (Lipinski definition) is 2. The van der Waals surface area contributed by atoms with Crippen molar-refractivity contribution in [2.45, 2.75) is 6.92 Å². The van der Waals surface area contributed by atoms with E-state index in [4.69, 9.17) is 11.6 Å². The Labute approximate surface area is 124 Å². The van der Waals surface area contributed by atoms with Gasteiger partial charge in [-0.2, -0.15) is 0 Å². The Hall–Kier alpha value is -1.78. The molecular formula is C15H14ClNO2S. The average Bonchev–Trinajstić information content (AvgIpc) is 2.41. The third kappa shape index (κ3) is 4.11. The van der Waals surface area contributed by atoms with E-state index in [1.54, 1.807) is 18.2 Å². The lowest BCUT2D eigenvalue weighted by atomic mass is 10.2. The highest BCUT2D eigenvalue weighted by molar-refractivity contribution is 7.95. The predicted molar refractivity (Wildman–Crippen MR) is 84.2 cm³/mol. The van der Waals surface area contributed by atoms with Gasteiger partial charge < -0.3 is 0 Å². The summed E-state index contributed by atoms with van der Waals surface area (Å²) in [6.07, 6.45) is 1.53. The lowest BCUT2D eigenvalue weighted by Crippen LogP contribution is -2.09. The molecule has 0 saturated carbocycles. The number of nitrogens with one attached hydrogen (secondary N) is 1. The van der Waals surface area contributed by atoms with E-state index in [9.17, 15) is 8.42 Å². The maximum atomic E-state index is 12.0. The largest absolute Gasteiger partial charge is 0.279 e. The normalized spacial score (nSPS) is 11.7. The Balaban J connectivity index is 2.17. The first-order chi connectivity index (χ1) is 9.46. The van der Waals surface area contributed by atoms with Crippen molar-refractivity contribution in [3.8, 4) is 0 Å². The Morgan fingerprint density at radius 3 is 2.45 bits per heavy atom. The van der Waals surface area contributed by atoms with Gasteiger partial charge in [0.15, 0.2) is 0 Å². The molecule has 104 valence electrons. The summed E-state index contributed by atoms with van der Waals surface area (Å²) >= 11 is 6.00. The van der Waals surface area contributed by atoms with Crippen LogP contribution >= 0.6 is 11.6 Å². The van der Waals surface area contributed by atoms with Crippen molar-refractivity contribution in [1.29, 1.82) is 0 Å². The molecule has 0 spiro atoms. The first kappa shape index (κ1) is 14.6. The van der Waals surface area contributed by atoms with E-state index in [1.807, 2.05) is 37.3 Å². The molecule has 2 aromatic carbocycles. The van der Waals surface area contributed by atoms with Crippen LogP contribution in [-0.4, -0.2) is 8.42 Å². The van der Waals surface area contributed by atoms with Crippen LogP contribution in [0.2, 0.25) is 5.02 Å². The zero-order valence-electron chi connectivity index (χ0n) is 10.9. The average molecular weight is 308 g/mol. The van der Waals surface area contributed by atoms with Gasteiger partial charge in [0.1, 0.15) is 0 Å². The summed E-state index contributed by atoms with van der Waals surface area (Å²) in [6, 6.07) is 14.4. The number of hydrogen-bond donors (Lipinski definition) is 1. The number of aryl methyl sites for hydroxylation is 1. The van der Waals surface area contributed by atoms with Crippen molar-refractivity contribution >= 4 is 33.4 Å². The van der Waals surface area contributed by atoms with Gasteiger partial charge in [-0.3, -0.25) is 4.72 Å². The molecule has 0 aromatic heterocycles. The van der Waals surface area contributed by atoms with E-state index >= 15 is 0 Å². The van der Waals surface area contributed by atoms with Crippen LogP contribution in [0.15, 0.2) is 53.9 Å². The van der Waals surface area contributed by atoms with E-state index in [2.05, 4.69) is 4.72 Å². The molecule has 2 aromatic rings. The van der Waals surface area contributed by atoms with Gasteiger partial charge in [0.25, 0.3) is 10.0 Å². The molecule has 2 rings (SSSR count). The molecule has 0 amide bonds. The predicted octanol–water partition coefficient (Wildman–Crippen LogP) is 4.06. The van der Waals surface area contributed by atoms with Crippen molar-refractivity contribution in [3.63, 3.8) is 0 Å². The summed E-state index contributed by atoms with van der Waals surface area (Å²) in [5, 5.41) is 1.50. The van der Waals surface area contributed by atoms with E-state index in [0.29, 0.717) is 10.7 Å². The molecule has 0 heterocycles. The molecule has 0 aliphatic heterocycles. The quantitative estimate of drug-likeness (QED) is 0.926. The van der Waals surface area contributed by atoms with E-state index in [1.165, 1.54) is 6.08 Å². The molecular weight excluding hydrogens is 294 g/mol. The van der Waals surface area contributed by atoms with Gasteiger partial charge in [0.05, 0.1) is 16.1 Å². The standard InChI is InChI=1S/C15H14ClNO2S/c1-12-7-8-15(14(16)11-12)17-20(18,19)10-9-13-5-3-2-4-6-13/h2-11,17H,1H3. The maximum absolute atomic E-state index is 12.0. The van der Waals surface area contributed by atoms with E-state index in [0.717, 1.165) is 16.5 Å². The van der Waals surface area contributed by atoms with Crippen LogP contribution in [0.3, 0.4) is 0 Å². The zero-order valence-corrected chi connectivity index (χ0v) is 12.4. The molecule has 0 saturated heterocycles. The number of anilines is 1. The number of halogens is 1. The van der Waals surface area contributed by atoms with Crippen LogP contribution in [0.1, 0.15) is 11.1 Å². The van der Waals surface area contributed by atoms with Crippen LogP contribution < -0.4 is 4.72 Å². The van der Waals surface area contributed by atoms with E-state index in [-0.39, 0.29) is 0 Å². The molecule has 1 N–H and O–H groups in total. The van der Waals surface area contributed by atoms with Crippen LogP contribution in [0.25, 0.3) is 6.08 Å². The number of benzene rings is 2. The summed E-state index contributed by atoms with van der Waals surface area (Å²) in [5.74, 6) is 0. The SMILES string of the molecule is Cc1ccc(NS(=O)(=O)C=Cc2ccccc2)c(Cl)c1. The van der Waals surface area contributed by atoms with Crippen molar-refractivity contribution in [2.24, 2.45) is 0 Å². The summed E-state index contributed by atoms with van der Waals surface area (Å²) in [6.45, 7) is 1.89. The van der Waals surface area contributed by atoms with Gasteiger partial charge in [0.2, 0.25) is 0 Å². The summed E-state index contributed by atoms with van der Waals surface area (Å²) in [4.78, 5) is 0. The first-order valence-electron chi connectivity index (χ1n) is 5.98. The number of rotatable bonds is 4. The van der Waals surface area contributed by atoms with Gasteiger partial charge in [-0.25, -0.2) is 8.42 Å². The Morgan fingerprint density at radius 2 is 1.80 bits per heavy atom. The molecule has 3 nitrogen and oxygen atoms in total. The second-order valence-electron chi connectivity index (χ2n) is 4.34. The highest BCUT2D eigenvalue weighted by Crippen LogP contribution is 2.24. The Kier molecular flexibility index (Phi) is 4.47. The van der Waals surface area contributed by atoms with Crippen molar-refractivity contribution in [3.05, 3.63) is 70.1 Å². The fraction of sp³-hybridized carbons (Fsp3) is 0.0667. The van der Waals surface area contributed by atoms with Gasteiger partial charge in [-0.1, -0.05) is 48.0 Å². The fourth-order valence-corrected chi connectivity index (χ4v) is 2.85. The zero-order chi connectivity index (χ0) is 14.6. The highest BCUT2D eigenvalue weighted by Gasteiger charge is 2.08. The van der Waals surface area contributed by atoms with Crippen molar-refractivity contribution in [1.82, 2.24) is 0 Å². The van der Waals surface area contributed by atoms with Crippen LogP contribution in [0, 0.1) is 6.92 Å². The van der Waals surface area contributed by atoms with Crippen molar-refractivity contribution in [2.75, 3.05) is 4.72 Å². The second-order valence-corrected chi connectivity index (χ2v) is 6.32. The third-order valence-electron chi connectivity index (χ3n) is 2.62. The molecule has 0 aliphatic carbocycles. The molecule has 0 radical (unpaired) electrons. The minimum Gasteiger partial charge on any atom is -0.279 e. The molecule has 0 atom stereocenters. The summed E-state index contributed by atoms with van der Waals surface area (Å²) < 4.78 is 26.3. The topological polar surface area (TPSA) is 46.2 Å². The molecule has 0 fully saturated rings. The molecule has 5 heteroatoms. The van der Waals surface area contributed by atoms with Crippen LogP contribution in [0.4, 0.5) is 5.69 Å². The Bertz CT molecular complexity index is 725. The summed E-state index contributed by atoms with van der Waals surface area (Å²) in [7, 11) is -3.58. The Morgan fingerprint density at radius 1 is 1.10 bits per heavy atom. The highest BCUT2D eigenvalue weighted by atomic mass is 35.5. The van der Waals surface area contributed by atoms with Crippen molar-refractivity contribution < 1.29 is 8.42 Å². The fourth-order valence-electron chi connectivity index (χ4n) is 1.62. The molecule has 20 heavy (non-hydrogen) atoms. The molecule has 0 unspecified atom stereocenters. The third-order valence-corrected chi connectivity index (χ3v) is 3.93. The van der Waals surface area contributed by atoms with E-state index < -0.39 is 10.0 Å². The first-order valence-corrected chi connectivity index (χ1v) is 7.91. The number of sulfonamides is 1. The van der Waals surface area contributed by atoms with Gasteiger partial charge in [0, 0.05) is 0 Å². The summed E-state index contributed by atoms with van der Waals surface area (Å²) in [5.41, 5.74) is 2.15. The van der Waals surface area contributed by atoms with Gasteiger partial charge >= 0.3 is 0 Å². The second kappa shape index (κ2) is 6.11. The minimum absolute atomic E-state index is 0.370. The maximum Gasteiger partial charge on any atom is 0.255 e. The lowest BCUT2D eigenvalue weighted by Gasteiger charge is -2.07. The smallest absolute Gasteiger partial charge is 0.255 e. The van der Waals surface area contributed by atoms with Gasteiger partial charge in [-0.15, -0.1) is 0 Å².